The van der Waals surface area contributed by atoms with Crippen molar-refractivity contribution in [3.8, 4) is 11.5 Å². The molecule has 0 unspecified atom stereocenters. The van der Waals surface area contributed by atoms with Gasteiger partial charge in [-0.05, 0) is 189 Å². The highest BCUT2D eigenvalue weighted by Gasteiger charge is 2.10. The number of hydrogen-bond donors (Lipinski definition) is 4. The van der Waals surface area contributed by atoms with Gasteiger partial charge < -0.3 is 30.7 Å². The maximum atomic E-state index is 12.3. The number of rotatable bonds is 25. The third-order valence-electron chi connectivity index (χ3n) is 10.5. The molecule has 0 spiro atoms. The zero-order chi connectivity index (χ0) is 44.5. The van der Waals surface area contributed by atoms with Crippen LogP contribution >= 0.6 is 0 Å². The van der Waals surface area contributed by atoms with E-state index >= 15 is 0 Å². The summed E-state index contributed by atoms with van der Waals surface area (Å²) >= 11 is 0. The van der Waals surface area contributed by atoms with Crippen molar-refractivity contribution < 1.29 is 19.1 Å². The second kappa shape index (κ2) is 28.3. The Bertz CT molecular complexity index is 1830. The normalized spacial score (nSPS) is 13.1. The second-order valence-corrected chi connectivity index (χ2v) is 15.6. The zero-order valence-corrected chi connectivity index (χ0v) is 38.8. The van der Waals surface area contributed by atoms with Crippen LogP contribution in [0.2, 0.25) is 0 Å². The van der Waals surface area contributed by atoms with Gasteiger partial charge in [0.2, 0.25) is 11.8 Å². The number of methoxy groups -OCH3 is 2. The summed E-state index contributed by atoms with van der Waals surface area (Å²) in [5.74, 6) is 1.70. The first-order valence-electron chi connectivity index (χ1n) is 21.4. The molecule has 8 heteroatoms. The third kappa shape index (κ3) is 19.3. The lowest BCUT2D eigenvalue weighted by atomic mass is 9.96. The summed E-state index contributed by atoms with van der Waals surface area (Å²) in [5, 5.41) is 12.9. The zero-order valence-electron chi connectivity index (χ0n) is 38.8. The Morgan fingerprint density at radius 2 is 0.867 bits per heavy atom. The molecular formula is C52H74N4O4. The minimum atomic E-state index is -0.0715. The molecule has 0 radical (unpaired) electrons. The number of ether oxygens (including phenoxy) is 2. The fourth-order valence-electron chi connectivity index (χ4n) is 6.52. The molecule has 2 aromatic rings. The van der Waals surface area contributed by atoms with Gasteiger partial charge in [-0.2, -0.15) is 0 Å². The molecule has 326 valence electrons. The molecular weight excluding hydrogens is 745 g/mol. The number of amides is 2. The minimum absolute atomic E-state index is 0.0715. The quantitative estimate of drug-likeness (QED) is 0.0452. The summed E-state index contributed by atoms with van der Waals surface area (Å²) in [6.07, 6.45) is 27.7. The van der Waals surface area contributed by atoms with Crippen LogP contribution in [0.3, 0.4) is 0 Å². The van der Waals surface area contributed by atoms with E-state index in [1.165, 1.54) is 33.4 Å². The van der Waals surface area contributed by atoms with E-state index < -0.39 is 0 Å². The van der Waals surface area contributed by atoms with Gasteiger partial charge in [0, 0.05) is 25.2 Å². The number of unbranched alkanes of at least 4 members (excludes halogenated alkanes) is 1. The number of nitrogens with one attached hydrogen (secondary N) is 4. The lowest BCUT2D eigenvalue weighted by molar-refractivity contribution is -0.117. The Labute approximate surface area is 362 Å². The fourth-order valence-corrected chi connectivity index (χ4v) is 6.52. The van der Waals surface area contributed by atoms with Gasteiger partial charge in [0.25, 0.3) is 0 Å². The molecule has 0 bridgehead atoms. The van der Waals surface area contributed by atoms with Crippen molar-refractivity contribution in [1.82, 2.24) is 21.3 Å². The summed E-state index contributed by atoms with van der Waals surface area (Å²) in [4.78, 5) is 24.7. The van der Waals surface area contributed by atoms with Gasteiger partial charge in [-0.1, -0.05) is 71.9 Å². The van der Waals surface area contributed by atoms with Crippen LogP contribution in [0.4, 0.5) is 0 Å². The maximum Gasteiger partial charge on any atom is 0.244 e. The summed E-state index contributed by atoms with van der Waals surface area (Å²) in [6, 6.07) is 4.17. The Balaban J connectivity index is 1.52. The van der Waals surface area contributed by atoms with Gasteiger partial charge >= 0.3 is 0 Å². The Kier molecular flexibility index (Phi) is 24.1. The average Bonchev–Trinajstić information content (AvgIpc) is 3.20. The summed E-state index contributed by atoms with van der Waals surface area (Å²) in [5.41, 5.74) is 13.6. The largest absolute Gasteiger partial charge is 0.496 e. The summed E-state index contributed by atoms with van der Waals surface area (Å²) in [7, 11) is 3.42. The molecule has 0 aliphatic heterocycles. The number of carbonyl (C=O) groups excluding carboxylic acids is 2. The van der Waals surface area contributed by atoms with Crippen molar-refractivity contribution in [2.75, 3.05) is 53.5 Å². The van der Waals surface area contributed by atoms with E-state index in [0.717, 1.165) is 96.8 Å². The van der Waals surface area contributed by atoms with Gasteiger partial charge in [-0.25, -0.2) is 0 Å². The lowest BCUT2D eigenvalue weighted by Crippen LogP contribution is -2.27. The lowest BCUT2D eigenvalue weighted by Gasteiger charge is -2.13. The van der Waals surface area contributed by atoms with Crippen molar-refractivity contribution in [3.63, 3.8) is 0 Å². The van der Waals surface area contributed by atoms with Gasteiger partial charge in [0.15, 0.2) is 0 Å². The highest BCUT2D eigenvalue weighted by atomic mass is 16.5. The molecule has 0 saturated heterocycles. The monoisotopic (exact) mass is 819 g/mol. The predicted octanol–water partition coefficient (Wildman–Crippen LogP) is 10.2. The van der Waals surface area contributed by atoms with Crippen LogP contribution < -0.4 is 30.7 Å². The van der Waals surface area contributed by atoms with Gasteiger partial charge in [-0.15, -0.1) is 0 Å². The van der Waals surface area contributed by atoms with Crippen LogP contribution in [0.15, 0.2) is 95.2 Å². The molecule has 2 rings (SSSR count). The summed E-state index contributed by atoms with van der Waals surface area (Å²) in [6.45, 7) is 25.5. The number of aryl methyl sites for hydroxylation is 2. The average molecular weight is 819 g/mol. The molecule has 0 saturated carbocycles. The topological polar surface area (TPSA) is 101 Å². The van der Waals surface area contributed by atoms with E-state index in [-0.39, 0.29) is 11.8 Å². The van der Waals surface area contributed by atoms with Gasteiger partial charge in [0.05, 0.1) is 14.2 Å². The van der Waals surface area contributed by atoms with E-state index in [0.29, 0.717) is 13.1 Å². The van der Waals surface area contributed by atoms with E-state index in [4.69, 9.17) is 9.47 Å². The van der Waals surface area contributed by atoms with Crippen molar-refractivity contribution >= 4 is 24.0 Å². The van der Waals surface area contributed by atoms with Crippen LogP contribution in [-0.4, -0.2) is 65.3 Å². The molecule has 4 N–H and O–H groups in total. The number of hydrogen-bond acceptors (Lipinski definition) is 6. The second-order valence-electron chi connectivity index (χ2n) is 15.6. The first-order chi connectivity index (χ1) is 28.7. The third-order valence-corrected chi connectivity index (χ3v) is 10.5. The van der Waals surface area contributed by atoms with E-state index in [9.17, 15) is 9.59 Å². The SMILES string of the molecule is COc1cc(C)c(/C=C/C(C)=C/C=C/C(C)=C/C(=O)NCCCNCCCCNCCCNC(=O)/C=C(C)/C=C/C=C(C)/C=C/c2c(C)cc(OC)c(C)c2C)c(C)c1C. The molecule has 2 amide bonds. The van der Waals surface area contributed by atoms with Crippen LogP contribution in [-0.2, 0) is 9.59 Å². The molecule has 60 heavy (non-hydrogen) atoms. The molecule has 0 fully saturated rings. The Morgan fingerprint density at radius 3 is 1.23 bits per heavy atom. The van der Waals surface area contributed by atoms with Crippen LogP contribution in [0.25, 0.3) is 12.2 Å². The van der Waals surface area contributed by atoms with Crippen molar-refractivity contribution in [3.05, 3.63) is 140 Å². The molecule has 0 heterocycles. The standard InChI is InChI=1S/C52H74N4O4/c1-37(23-25-47-41(5)35-49(59-11)45(9)43(47)7)19-15-21-39(3)33-51(57)55-31-17-29-53-27-13-14-28-54-30-18-32-56-52(58)34-40(4)22-16-20-38(2)24-26-48-42(6)36-50(60-12)46(10)44(48)8/h15-16,19-26,33-36,53-54H,13-14,17-18,27-32H2,1-12H3,(H,55,57)(H,56,58)/b21-15+,22-16+,25-23+,26-24+,37-19+,38-20+,39-33+,40-34+. The first-order valence-corrected chi connectivity index (χ1v) is 21.4. The van der Waals surface area contributed by atoms with Crippen molar-refractivity contribution in [1.29, 1.82) is 0 Å². The molecule has 0 aromatic heterocycles. The first kappa shape index (κ1) is 51.0. The number of carbonyl (C=O) groups is 2. The fraction of sp³-hybridized carbons (Fsp3) is 0.423. The molecule has 0 aliphatic carbocycles. The van der Waals surface area contributed by atoms with Crippen molar-refractivity contribution in [2.45, 2.75) is 94.9 Å². The highest BCUT2D eigenvalue weighted by Crippen LogP contribution is 2.29. The van der Waals surface area contributed by atoms with Gasteiger partial charge in [0.1, 0.15) is 11.5 Å². The van der Waals surface area contributed by atoms with E-state index in [1.807, 2.05) is 50.3 Å². The maximum absolute atomic E-state index is 12.3. The number of allylic oxidation sites excluding steroid dienone is 12. The van der Waals surface area contributed by atoms with E-state index in [2.05, 4.69) is 113 Å². The van der Waals surface area contributed by atoms with Gasteiger partial charge in [-0.3, -0.25) is 9.59 Å². The Morgan fingerprint density at radius 1 is 0.500 bits per heavy atom. The van der Waals surface area contributed by atoms with Crippen LogP contribution in [0.5, 0.6) is 11.5 Å². The predicted molar refractivity (Wildman–Crippen MR) is 256 cm³/mol. The molecule has 2 aromatic carbocycles. The number of benzene rings is 2. The summed E-state index contributed by atoms with van der Waals surface area (Å²) < 4.78 is 11.0. The van der Waals surface area contributed by atoms with Crippen molar-refractivity contribution in [2.24, 2.45) is 0 Å². The highest BCUT2D eigenvalue weighted by molar-refractivity contribution is 5.89. The van der Waals surface area contributed by atoms with Crippen LogP contribution in [0.1, 0.15) is 97.9 Å². The molecule has 0 aliphatic rings. The smallest absolute Gasteiger partial charge is 0.244 e. The minimum Gasteiger partial charge on any atom is -0.496 e. The Hall–Kier alpha value is -5.18. The molecule has 0 atom stereocenters. The van der Waals surface area contributed by atoms with Crippen LogP contribution in [0, 0.1) is 41.5 Å². The van der Waals surface area contributed by atoms with E-state index in [1.54, 1.807) is 26.4 Å². The molecule has 8 nitrogen and oxygen atoms in total.